The van der Waals surface area contributed by atoms with Gasteiger partial charge in [-0.05, 0) is 74.4 Å². The van der Waals surface area contributed by atoms with Crippen molar-refractivity contribution in [1.29, 1.82) is 0 Å². The van der Waals surface area contributed by atoms with Crippen molar-refractivity contribution in [2.24, 2.45) is 0 Å². The van der Waals surface area contributed by atoms with Gasteiger partial charge in [0.05, 0.1) is 30.4 Å². The molecule has 0 fully saturated rings. The van der Waals surface area contributed by atoms with Crippen molar-refractivity contribution in [2.45, 2.75) is 98.4 Å². The van der Waals surface area contributed by atoms with E-state index in [-0.39, 0.29) is 55.5 Å². The average molecular weight is 618 g/mol. The smallest absolute Gasteiger partial charge is 0.307 e. The van der Waals surface area contributed by atoms with Gasteiger partial charge in [-0.1, -0.05) is 12.1 Å². The van der Waals surface area contributed by atoms with E-state index >= 15 is 0 Å². The van der Waals surface area contributed by atoms with E-state index in [4.69, 9.17) is 14.2 Å². The number of esters is 3. The van der Waals surface area contributed by atoms with Crippen molar-refractivity contribution in [3.8, 4) is 0 Å². The van der Waals surface area contributed by atoms with Crippen molar-refractivity contribution in [3.05, 3.63) is 35.4 Å². The van der Waals surface area contributed by atoms with Crippen molar-refractivity contribution < 1.29 is 38.2 Å². The summed E-state index contributed by atoms with van der Waals surface area (Å²) >= 11 is 0. The van der Waals surface area contributed by atoms with Crippen LogP contribution in [0.5, 0.6) is 0 Å². The molecule has 0 saturated heterocycles. The van der Waals surface area contributed by atoms with Gasteiger partial charge in [0.25, 0.3) is 11.8 Å². The fourth-order valence-corrected chi connectivity index (χ4v) is 4.56. The number of hydrogen-bond acceptors (Lipinski definition) is 10. The van der Waals surface area contributed by atoms with Crippen molar-refractivity contribution in [3.63, 3.8) is 0 Å². The minimum absolute atomic E-state index is 0.120. The lowest BCUT2D eigenvalue weighted by atomic mass is 10.1. The molecule has 0 saturated carbocycles. The van der Waals surface area contributed by atoms with Gasteiger partial charge in [0, 0.05) is 45.8 Å². The summed E-state index contributed by atoms with van der Waals surface area (Å²) in [6, 6.07) is 6.74. The van der Waals surface area contributed by atoms with Gasteiger partial charge in [-0.25, -0.2) is 0 Å². The van der Waals surface area contributed by atoms with Crippen molar-refractivity contribution >= 4 is 29.7 Å². The van der Waals surface area contributed by atoms with Gasteiger partial charge < -0.3 is 19.1 Å². The number of carbonyl (C=O) groups excluding carboxylic acids is 5. The van der Waals surface area contributed by atoms with Gasteiger partial charge in [-0.3, -0.25) is 33.8 Å². The Labute approximate surface area is 262 Å². The second-order valence-corrected chi connectivity index (χ2v) is 14.0. The first-order valence-electron chi connectivity index (χ1n) is 15.3. The monoisotopic (exact) mass is 617 g/mol. The molecule has 2 rings (SSSR count). The molecule has 0 radical (unpaired) electrons. The molecule has 1 aliphatic rings. The van der Waals surface area contributed by atoms with E-state index in [0.717, 1.165) is 0 Å². The Balaban J connectivity index is 2.12. The summed E-state index contributed by atoms with van der Waals surface area (Å²) in [5.74, 6) is -1.71. The van der Waals surface area contributed by atoms with Gasteiger partial charge in [-0.15, -0.1) is 0 Å². The molecule has 1 aliphatic heterocycles. The lowest BCUT2D eigenvalue weighted by molar-refractivity contribution is -0.157. The van der Waals surface area contributed by atoms with Crippen LogP contribution in [0.2, 0.25) is 0 Å². The zero-order valence-corrected chi connectivity index (χ0v) is 28.0. The second kappa shape index (κ2) is 15.6. The van der Waals surface area contributed by atoms with E-state index in [2.05, 4.69) is 0 Å². The zero-order chi connectivity index (χ0) is 33.3. The van der Waals surface area contributed by atoms with Crippen molar-refractivity contribution in [1.82, 2.24) is 14.7 Å². The summed E-state index contributed by atoms with van der Waals surface area (Å²) in [5, 5.41) is 0. The maximum Gasteiger partial charge on any atom is 0.307 e. The summed E-state index contributed by atoms with van der Waals surface area (Å²) in [6.07, 6.45) is 0.395. The topological polar surface area (TPSA) is 123 Å². The van der Waals surface area contributed by atoms with Crippen LogP contribution in [-0.2, 0) is 28.6 Å². The van der Waals surface area contributed by atoms with Gasteiger partial charge in [0.1, 0.15) is 16.8 Å². The lowest BCUT2D eigenvalue weighted by Crippen LogP contribution is -2.43. The number of imide groups is 1. The number of fused-ring (bicyclic) bond motifs is 1. The Bertz CT molecular complexity index is 1110. The van der Waals surface area contributed by atoms with Crippen LogP contribution in [0.1, 0.15) is 102 Å². The average Bonchev–Trinajstić information content (AvgIpc) is 3.10. The molecule has 0 atom stereocenters. The molecule has 0 aliphatic carbocycles. The molecule has 2 amide bonds. The van der Waals surface area contributed by atoms with E-state index in [1.54, 1.807) is 45.0 Å². The minimum atomic E-state index is -0.623. The molecule has 1 aromatic rings. The fourth-order valence-electron chi connectivity index (χ4n) is 4.56. The summed E-state index contributed by atoms with van der Waals surface area (Å²) in [6.45, 7) is 18.7. The number of benzene rings is 1. The maximum atomic E-state index is 12.9. The Hall–Kier alpha value is -3.31. The number of hydrogen-bond donors (Lipinski definition) is 0. The van der Waals surface area contributed by atoms with Gasteiger partial charge in [-0.2, -0.15) is 0 Å². The number of carbonyl (C=O) groups is 5. The Morgan fingerprint density at radius 2 is 0.886 bits per heavy atom. The molecule has 0 aromatic heterocycles. The van der Waals surface area contributed by atoms with Gasteiger partial charge in [0.15, 0.2) is 0 Å². The van der Waals surface area contributed by atoms with E-state index in [0.29, 0.717) is 50.4 Å². The number of ether oxygens (including phenoxy) is 3. The van der Waals surface area contributed by atoms with Gasteiger partial charge in [0.2, 0.25) is 0 Å². The third kappa shape index (κ3) is 13.5. The highest BCUT2D eigenvalue weighted by molar-refractivity contribution is 6.21. The molecule has 1 aromatic carbocycles. The highest BCUT2D eigenvalue weighted by atomic mass is 16.6. The molecule has 44 heavy (non-hydrogen) atoms. The second-order valence-electron chi connectivity index (χ2n) is 14.0. The minimum Gasteiger partial charge on any atom is -0.460 e. The number of nitrogens with zero attached hydrogens (tertiary/aromatic N) is 3. The first kappa shape index (κ1) is 36.9. The first-order valence-corrected chi connectivity index (χ1v) is 15.3. The third-order valence-corrected chi connectivity index (χ3v) is 6.41. The van der Waals surface area contributed by atoms with Crippen LogP contribution < -0.4 is 0 Å². The van der Waals surface area contributed by atoms with Gasteiger partial charge >= 0.3 is 17.9 Å². The van der Waals surface area contributed by atoms with Crippen LogP contribution in [-0.4, -0.2) is 107 Å². The predicted molar refractivity (Wildman–Crippen MR) is 166 cm³/mol. The summed E-state index contributed by atoms with van der Waals surface area (Å²) in [7, 11) is 0. The zero-order valence-electron chi connectivity index (χ0n) is 28.0. The molecular weight excluding hydrogens is 566 g/mol. The fraction of sp³-hybridized carbons (Fsp3) is 0.667. The Morgan fingerprint density at radius 1 is 0.568 bits per heavy atom. The van der Waals surface area contributed by atoms with Crippen molar-refractivity contribution in [2.75, 3.05) is 45.8 Å². The molecule has 11 nitrogen and oxygen atoms in total. The van der Waals surface area contributed by atoms with Crippen LogP contribution in [0.3, 0.4) is 0 Å². The van der Waals surface area contributed by atoms with Crippen LogP contribution >= 0.6 is 0 Å². The molecular formula is C33H51N3O8. The van der Waals surface area contributed by atoms with E-state index in [9.17, 15) is 24.0 Å². The van der Waals surface area contributed by atoms with Crippen LogP contribution in [0.25, 0.3) is 0 Å². The predicted octanol–water partition coefficient (Wildman–Crippen LogP) is 4.08. The van der Waals surface area contributed by atoms with Crippen LogP contribution in [0.4, 0.5) is 0 Å². The normalized spacial score (nSPS) is 13.8. The molecule has 0 N–H and O–H groups in total. The quantitative estimate of drug-likeness (QED) is 0.162. The largest absolute Gasteiger partial charge is 0.460 e. The molecule has 0 unspecified atom stereocenters. The summed E-state index contributed by atoms with van der Waals surface area (Å²) in [4.78, 5) is 68.5. The molecule has 1 heterocycles. The number of amides is 2. The SMILES string of the molecule is CC(C)(C)OC(=O)CCN(CCC(=O)OC(C)(C)C)CCN(CCC(=O)OC(C)(C)C)CCN1C(=O)c2ccccc2C1=O. The Kier molecular flexibility index (Phi) is 13.1. The molecule has 0 bridgehead atoms. The molecule has 11 heteroatoms. The third-order valence-electron chi connectivity index (χ3n) is 6.41. The lowest BCUT2D eigenvalue weighted by Gasteiger charge is -2.29. The number of rotatable bonds is 15. The maximum absolute atomic E-state index is 12.9. The van der Waals surface area contributed by atoms with E-state index in [1.807, 2.05) is 51.3 Å². The summed E-state index contributed by atoms with van der Waals surface area (Å²) < 4.78 is 16.4. The molecule has 246 valence electrons. The Morgan fingerprint density at radius 3 is 1.20 bits per heavy atom. The first-order chi connectivity index (χ1) is 20.2. The van der Waals surface area contributed by atoms with Crippen LogP contribution in [0.15, 0.2) is 24.3 Å². The van der Waals surface area contributed by atoms with E-state index < -0.39 is 16.8 Å². The van der Waals surface area contributed by atoms with Crippen LogP contribution in [0, 0.1) is 0 Å². The highest BCUT2D eigenvalue weighted by Crippen LogP contribution is 2.22. The molecule has 0 spiro atoms. The summed E-state index contributed by atoms with van der Waals surface area (Å²) in [5.41, 5.74) is -1.08. The highest BCUT2D eigenvalue weighted by Gasteiger charge is 2.35. The van der Waals surface area contributed by atoms with E-state index in [1.165, 1.54) is 4.90 Å². The standard InChI is InChI=1S/C33H51N3O8/c1-31(2,3)42-26(37)14-17-34(18-15-27(38)43-32(4,5)6)20-21-35(19-16-28(39)44-33(7,8)9)22-23-36-29(40)24-12-10-11-13-25(24)30(36)41/h10-13H,14-23H2,1-9H3.